The van der Waals surface area contributed by atoms with Gasteiger partial charge >= 0.3 is 0 Å². The van der Waals surface area contributed by atoms with Crippen LogP contribution in [0.4, 0.5) is 5.69 Å². The molecule has 4 nitrogen and oxygen atoms in total. The van der Waals surface area contributed by atoms with E-state index in [4.69, 9.17) is 0 Å². The molecule has 1 aliphatic heterocycles. The molecule has 4 bridgehead atoms. The van der Waals surface area contributed by atoms with Crippen molar-refractivity contribution in [2.75, 3.05) is 37.6 Å². The van der Waals surface area contributed by atoms with Gasteiger partial charge in [-0.15, -0.1) is 12.4 Å². The van der Waals surface area contributed by atoms with Gasteiger partial charge in [-0.3, -0.25) is 9.69 Å². The summed E-state index contributed by atoms with van der Waals surface area (Å²) < 4.78 is 0. The highest BCUT2D eigenvalue weighted by molar-refractivity contribution is 5.85. The molecule has 0 aromatic heterocycles. The van der Waals surface area contributed by atoms with Crippen LogP contribution in [-0.4, -0.2) is 49.6 Å². The van der Waals surface area contributed by atoms with Gasteiger partial charge in [-0.25, -0.2) is 0 Å². The number of piperazine rings is 1. The van der Waals surface area contributed by atoms with Gasteiger partial charge in [0.25, 0.3) is 0 Å². The highest BCUT2D eigenvalue weighted by Crippen LogP contribution is 2.61. The van der Waals surface area contributed by atoms with E-state index in [1.165, 1.54) is 44.2 Å². The number of nitrogens with one attached hydrogen (secondary N) is 1. The second-order valence-electron chi connectivity index (χ2n) is 10.2. The molecule has 1 aromatic rings. The fraction of sp³-hybridized carbons (Fsp3) is 0.708. The van der Waals surface area contributed by atoms with Crippen molar-refractivity contribution in [3.8, 4) is 0 Å². The van der Waals surface area contributed by atoms with Crippen LogP contribution >= 0.6 is 12.4 Å². The normalized spacial score (nSPS) is 34.5. The first-order valence-corrected chi connectivity index (χ1v) is 11.4. The second-order valence-corrected chi connectivity index (χ2v) is 10.2. The van der Waals surface area contributed by atoms with E-state index in [1.54, 1.807) is 0 Å². The molecule has 1 atom stereocenters. The smallest absolute Gasteiger partial charge is 0.234 e. The van der Waals surface area contributed by atoms with Crippen LogP contribution in [0, 0.1) is 23.2 Å². The number of rotatable bonds is 5. The van der Waals surface area contributed by atoms with Crippen molar-refractivity contribution < 1.29 is 4.79 Å². The number of carbonyl (C=O) groups is 1. The Bertz CT molecular complexity index is 666. The van der Waals surface area contributed by atoms with Gasteiger partial charge in [0, 0.05) is 37.9 Å². The van der Waals surface area contributed by atoms with Crippen LogP contribution < -0.4 is 10.2 Å². The van der Waals surface area contributed by atoms with Crippen LogP contribution in [0.5, 0.6) is 0 Å². The van der Waals surface area contributed by atoms with Crippen molar-refractivity contribution in [2.45, 2.75) is 51.5 Å². The van der Waals surface area contributed by atoms with E-state index >= 15 is 0 Å². The lowest BCUT2D eigenvalue weighted by molar-refractivity contribution is -0.127. The number of amides is 1. The predicted octanol–water partition coefficient (Wildman–Crippen LogP) is 3.95. The molecule has 6 rings (SSSR count). The largest absolute Gasteiger partial charge is 0.369 e. The molecule has 1 saturated heterocycles. The van der Waals surface area contributed by atoms with Gasteiger partial charge in [0.2, 0.25) is 5.91 Å². The maximum Gasteiger partial charge on any atom is 0.234 e. The maximum absolute atomic E-state index is 12.8. The standard InChI is InChI=1S/C24H35N3O.ClH/c1-18(24-14-19-11-20(15-24)13-21(12-19)16-24)25-23(28)17-26-7-9-27(10-8-26)22-5-3-2-4-6-22;/h2-6,18-21H,7-17H2,1H3,(H,25,28);1H. The van der Waals surface area contributed by atoms with Gasteiger partial charge in [-0.2, -0.15) is 0 Å². The molecule has 29 heavy (non-hydrogen) atoms. The number of nitrogens with zero attached hydrogens (tertiary/aromatic N) is 2. The zero-order chi connectivity index (χ0) is 19.1. The van der Waals surface area contributed by atoms with Crippen molar-refractivity contribution in [3.05, 3.63) is 30.3 Å². The second kappa shape index (κ2) is 8.47. The number of carbonyl (C=O) groups excluding carboxylic acids is 1. The zero-order valence-electron chi connectivity index (χ0n) is 17.7. The van der Waals surface area contributed by atoms with E-state index < -0.39 is 0 Å². The van der Waals surface area contributed by atoms with Gasteiger partial charge in [-0.1, -0.05) is 18.2 Å². The van der Waals surface area contributed by atoms with Gasteiger partial charge in [0.05, 0.1) is 6.54 Å². The minimum absolute atomic E-state index is 0. The Labute approximate surface area is 181 Å². The monoisotopic (exact) mass is 417 g/mol. The third-order valence-corrected chi connectivity index (χ3v) is 8.24. The Hall–Kier alpha value is -1.26. The summed E-state index contributed by atoms with van der Waals surface area (Å²) in [5, 5.41) is 3.43. The lowest BCUT2D eigenvalue weighted by Crippen LogP contribution is -2.57. The van der Waals surface area contributed by atoms with E-state index in [0.717, 1.165) is 43.9 Å². The number of hydrogen-bond donors (Lipinski definition) is 1. The fourth-order valence-corrected chi connectivity index (χ4v) is 7.15. The summed E-state index contributed by atoms with van der Waals surface area (Å²) in [6, 6.07) is 10.9. The summed E-state index contributed by atoms with van der Waals surface area (Å²) in [6.45, 7) is 6.78. The molecule has 0 radical (unpaired) electrons. The van der Waals surface area contributed by atoms with E-state index in [1.807, 2.05) is 0 Å². The quantitative estimate of drug-likeness (QED) is 0.787. The van der Waals surface area contributed by atoms with Crippen molar-refractivity contribution in [2.24, 2.45) is 23.2 Å². The molecular weight excluding hydrogens is 382 g/mol. The minimum Gasteiger partial charge on any atom is -0.369 e. The summed E-state index contributed by atoms with van der Waals surface area (Å²) in [4.78, 5) is 17.5. The topological polar surface area (TPSA) is 35.6 Å². The number of halogens is 1. The number of para-hydroxylation sites is 1. The number of hydrogen-bond acceptors (Lipinski definition) is 3. The summed E-state index contributed by atoms with van der Waals surface area (Å²) in [5.41, 5.74) is 1.69. The average Bonchev–Trinajstić information content (AvgIpc) is 2.68. The van der Waals surface area contributed by atoms with Gasteiger partial charge in [0.1, 0.15) is 0 Å². The lowest BCUT2D eigenvalue weighted by Gasteiger charge is -2.59. The third-order valence-electron chi connectivity index (χ3n) is 8.24. The fourth-order valence-electron chi connectivity index (χ4n) is 7.15. The van der Waals surface area contributed by atoms with Crippen molar-refractivity contribution >= 4 is 24.0 Å². The van der Waals surface area contributed by atoms with Crippen LogP contribution in [-0.2, 0) is 4.79 Å². The van der Waals surface area contributed by atoms with Crippen LogP contribution in [0.2, 0.25) is 0 Å². The highest BCUT2D eigenvalue weighted by Gasteiger charge is 2.53. The third kappa shape index (κ3) is 4.29. The molecule has 1 unspecified atom stereocenters. The van der Waals surface area contributed by atoms with E-state index in [9.17, 15) is 4.79 Å². The Morgan fingerprint density at radius 3 is 2.10 bits per heavy atom. The number of benzene rings is 1. The molecular formula is C24H36ClN3O. The van der Waals surface area contributed by atoms with Gasteiger partial charge in [0.15, 0.2) is 0 Å². The molecule has 5 heteroatoms. The molecule has 4 aliphatic carbocycles. The van der Waals surface area contributed by atoms with E-state index in [-0.39, 0.29) is 18.3 Å². The molecule has 0 spiro atoms. The molecule has 1 heterocycles. The summed E-state index contributed by atoms with van der Waals surface area (Å²) >= 11 is 0. The minimum atomic E-state index is 0. The molecule has 1 N–H and O–H groups in total. The Morgan fingerprint density at radius 1 is 1.00 bits per heavy atom. The van der Waals surface area contributed by atoms with Gasteiger partial charge < -0.3 is 10.2 Å². The molecule has 1 amide bonds. The average molecular weight is 418 g/mol. The SMILES string of the molecule is CC(NC(=O)CN1CCN(c2ccccc2)CC1)C12CC3CC(CC(C3)C1)C2.Cl. The summed E-state index contributed by atoms with van der Waals surface area (Å²) in [5.74, 6) is 3.06. The summed E-state index contributed by atoms with van der Waals surface area (Å²) in [7, 11) is 0. The van der Waals surface area contributed by atoms with Crippen LogP contribution in [0.15, 0.2) is 30.3 Å². The molecule has 5 fully saturated rings. The van der Waals surface area contributed by atoms with Crippen molar-refractivity contribution in [3.63, 3.8) is 0 Å². The van der Waals surface area contributed by atoms with Crippen molar-refractivity contribution in [1.82, 2.24) is 10.2 Å². The molecule has 160 valence electrons. The maximum atomic E-state index is 12.8. The number of anilines is 1. The van der Waals surface area contributed by atoms with Crippen LogP contribution in [0.1, 0.15) is 45.4 Å². The van der Waals surface area contributed by atoms with Crippen molar-refractivity contribution in [1.29, 1.82) is 0 Å². The first-order chi connectivity index (χ1) is 13.6. The first-order valence-electron chi connectivity index (χ1n) is 11.4. The van der Waals surface area contributed by atoms with Gasteiger partial charge in [-0.05, 0) is 80.8 Å². The zero-order valence-corrected chi connectivity index (χ0v) is 18.5. The molecule has 1 aromatic carbocycles. The van der Waals surface area contributed by atoms with Crippen LogP contribution in [0.25, 0.3) is 0 Å². The first kappa shape index (κ1) is 21.0. The van der Waals surface area contributed by atoms with E-state index in [0.29, 0.717) is 18.0 Å². The molecule has 4 saturated carbocycles. The Morgan fingerprint density at radius 2 is 1.55 bits per heavy atom. The Kier molecular flexibility index (Phi) is 6.13. The summed E-state index contributed by atoms with van der Waals surface area (Å²) in [6.07, 6.45) is 8.46. The predicted molar refractivity (Wildman–Crippen MR) is 121 cm³/mol. The van der Waals surface area contributed by atoms with Crippen LogP contribution in [0.3, 0.4) is 0 Å². The highest BCUT2D eigenvalue weighted by atomic mass is 35.5. The molecule has 5 aliphatic rings. The van der Waals surface area contributed by atoms with E-state index in [2.05, 4.69) is 52.4 Å². The Balaban J connectivity index is 0.00000205. The lowest BCUT2D eigenvalue weighted by atomic mass is 9.48.